The molecular formula is C8H12O2Si. The monoisotopic (exact) mass is 168 g/mol. The highest BCUT2D eigenvalue weighted by Crippen LogP contribution is 2.09. The predicted molar refractivity (Wildman–Crippen MR) is 45.9 cm³/mol. The van der Waals surface area contributed by atoms with E-state index < -0.39 is 8.07 Å². The number of hydrogen-bond donors (Lipinski definition) is 0. The van der Waals surface area contributed by atoms with Gasteiger partial charge in [0.05, 0.1) is 6.61 Å². The first kappa shape index (κ1) is 8.50. The third-order valence-corrected chi connectivity index (χ3v) is 2.06. The van der Waals surface area contributed by atoms with E-state index in [-0.39, 0.29) is 11.9 Å². The van der Waals surface area contributed by atoms with Crippen molar-refractivity contribution in [1.82, 2.24) is 0 Å². The summed E-state index contributed by atoms with van der Waals surface area (Å²) < 4.78 is 4.80. The number of carbonyl (C=O) groups is 1. The lowest BCUT2D eigenvalue weighted by molar-refractivity contribution is -0.114. The quantitative estimate of drug-likeness (QED) is 0.330. The van der Waals surface area contributed by atoms with Crippen LogP contribution in [0.4, 0.5) is 0 Å². The number of Topliss-reactive ketones (excluding diaryl/α,β-unsaturated/α-hetero) is 1. The van der Waals surface area contributed by atoms with Crippen LogP contribution in [0.3, 0.4) is 0 Å². The van der Waals surface area contributed by atoms with Gasteiger partial charge in [-0.25, -0.2) is 0 Å². The molecule has 0 aromatic carbocycles. The molecule has 11 heavy (non-hydrogen) atoms. The van der Waals surface area contributed by atoms with Crippen LogP contribution in [-0.2, 0) is 9.53 Å². The molecule has 1 fully saturated rings. The summed E-state index contributed by atoms with van der Waals surface area (Å²) in [5.41, 5.74) is 3.00. The molecule has 0 bridgehead atoms. The zero-order chi connectivity index (χ0) is 8.48. The minimum atomic E-state index is -1.38. The first-order chi connectivity index (χ1) is 4.99. The zero-order valence-electron chi connectivity index (χ0n) is 7.10. The molecule has 0 aromatic rings. The first-order valence-electron chi connectivity index (χ1n) is 3.68. The maximum Gasteiger partial charge on any atom is 0.235 e. The van der Waals surface area contributed by atoms with E-state index in [1.54, 1.807) is 0 Å². The second kappa shape index (κ2) is 2.80. The molecule has 0 radical (unpaired) electrons. The minimum Gasteiger partial charge on any atom is -0.364 e. The largest absolute Gasteiger partial charge is 0.364 e. The smallest absolute Gasteiger partial charge is 0.235 e. The van der Waals surface area contributed by atoms with Gasteiger partial charge in [-0.3, -0.25) is 4.79 Å². The van der Waals surface area contributed by atoms with Crippen LogP contribution in [0.1, 0.15) is 0 Å². The highest BCUT2D eigenvalue weighted by atomic mass is 28.3. The molecule has 0 unspecified atom stereocenters. The van der Waals surface area contributed by atoms with E-state index in [0.29, 0.717) is 6.61 Å². The fourth-order valence-electron chi connectivity index (χ4n) is 0.529. The average molecular weight is 168 g/mol. The molecule has 2 nitrogen and oxygen atoms in total. The Morgan fingerprint density at radius 1 is 1.55 bits per heavy atom. The Balaban J connectivity index is 2.48. The van der Waals surface area contributed by atoms with Crippen LogP contribution in [0.2, 0.25) is 19.6 Å². The van der Waals surface area contributed by atoms with Gasteiger partial charge < -0.3 is 4.74 Å². The Kier molecular flexibility index (Phi) is 2.17. The molecule has 0 amide bonds. The summed E-state index contributed by atoms with van der Waals surface area (Å²) in [6, 6.07) is 0. The molecule has 0 aromatic heterocycles. The standard InChI is InChI=1S/C8H12O2Si/c1-11(2,3)5-4-7(9)8-6-10-8/h8H,6H2,1-3H3/t8-/m0/s1. The maximum atomic E-state index is 11.0. The molecule has 1 aliphatic heterocycles. The second-order valence-electron chi connectivity index (χ2n) is 3.69. The van der Waals surface area contributed by atoms with Crippen molar-refractivity contribution in [3.05, 3.63) is 0 Å². The molecule has 0 saturated carbocycles. The lowest BCUT2D eigenvalue weighted by atomic mass is 10.3. The summed E-state index contributed by atoms with van der Waals surface area (Å²) in [4.78, 5) is 11.0. The minimum absolute atomic E-state index is 0.0487. The molecule has 1 heterocycles. The maximum absolute atomic E-state index is 11.0. The molecule has 0 spiro atoms. The van der Waals surface area contributed by atoms with E-state index in [1.807, 2.05) is 0 Å². The summed E-state index contributed by atoms with van der Waals surface area (Å²) >= 11 is 0. The molecular weight excluding hydrogens is 156 g/mol. The lowest BCUT2D eigenvalue weighted by Crippen LogP contribution is -2.17. The molecule has 60 valence electrons. The molecule has 1 aliphatic rings. The van der Waals surface area contributed by atoms with E-state index >= 15 is 0 Å². The fraction of sp³-hybridized carbons (Fsp3) is 0.625. The van der Waals surface area contributed by atoms with Gasteiger partial charge >= 0.3 is 0 Å². The predicted octanol–water partition coefficient (Wildman–Crippen LogP) is 0.835. The van der Waals surface area contributed by atoms with Crippen molar-refractivity contribution in [2.24, 2.45) is 0 Å². The molecule has 1 atom stereocenters. The second-order valence-corrected chi connectivity index (χ2v) is 8.44. The van der Waals surface area contributed by atoms with Gasteiger partial charge in [0.2, 0.25) is 5.78 Å². The van der Waals surface area contributed by atoms with Crippen LogP contribution in [0, 0.1) is 11.5 Å². The molecule has 0 aliphatic carbocycles. The van der Waals surface area contributed by atoms with E-state index in [4.69, 9.17) is 4.74 Å². The van der Waals surface area contributed by atoms with Crippen LogP contribution >= 0.6 is 0 Å². The first-order valence-corrected chi connectivity index (χ1v) is 7.18. The van der Waals surface area contributed by atoms with Crippen LogP contribution in [-0.4, -0.2) is 26.6 Å². The number of carbonyl (C=O) groups excluding carboxylic acids is 1. The summed E-state index contributed by atoms with van der Waals surface area (Å²) in [5.74, 6) is 2.58. The highest BCUT2D eigenvalue weighted by Gasteiger charge is 2.29. The molecule has 1 rings (SSSR count). The third kappa shape index (κ3) is 3.35. The number of ether oxygens (including phenoxy) is 1. The van der Waals surface area contributed by atoms with Gasteiger partial charge in [0.1, 0.15) is 8.07 Å². The van der Waals surface area contributed by atoms with Gasteiger partial charge in [0, 0.05) is 0 Å². The highest BCUT2D eigenvalue weighted by molar-refractivity contribution is 6.84. The number of ketones is 1. The van der Waals surface area contributed by atoms with E-state index in [9.17, 15) is 4.79 Å². The topological polar surface area (TPSA) is 29.6 Å². The SMILES string of the molecule is C[Si](C)(C)C#CC(=O)[C@@H]1CO1. The van der Waals surface area contributed by atoms with Crippen LogP contribution in [0.5, 0.6) is 0 Å². The van der Waals surface area contributed by atoms with Gasteiger partial charge in [0.15, 0.2) is 6.10 Å². The van der Waals surface area contributed by atoms with Crippen molar-refractivity contribution in [2.75, 3.05) is 6.61 Å². The Hall–Kier alpha value is -0.593. The normalized spacial score (nSPS) is 21.9. The van der Waals surface area contributed by atoms with Gasteiger partial charge in [-0.05, 0) is 5.92 Å². The van der Waals surface area contributed by atoms with E-state index in [1.165, 1.54) is 0 Å². The van der Waals surface area contributed by atoms with Crippen LogP contribution in [0.15, 0.2) is 0 Å². The number of epoxide rings is 1. The summed E-state index contributed by atoms with van der Waals surface area (Å²) in [5, 5.41) is 0. The number of hydrogen-bond acceptors (Lipinski definition) is 2. The van der Waals surface area contributed by atoms with Crippen molar-refractivity contribution in [1.29, 1.82) is 0 Å². The Morgan fingerprint density at radius 3 is 2.45 bits per heavy atom. The molecule has 3 heteroatoms. The van der Waals surface area contributed by atoms with E-state index in [2.05, 4.69) is 31.1 Å². The van der Waals surface area contributed by atoms with Crippen molar-refractivity contribution in [2.45, 2.75) is 25.7 Å². The zero-order valence-corrected chi connectivity index (χ0v) is 8.10. The van der Waals surface area contributed by atoms with Crippen LogP contribution in [0.25, 0.3) is 0 Å². The van der Waals surface area contributed by atoms with Crippen molar-refractivity contribution >= 4 is 13.9 Å². The van der Waals surface area contributed by atoms with Crippen LogP contribution < -0.4 is 0 Å². The fourth-order valence-corrected chi connectivity index (χ4v) is 1.03. The van der Waals surface area contributed by atoms with Crippen molar-refractivity contribution in [3.8, 4) is 11.5 Å². The summed E-state index contributed by atoms with van der Waals surface area (Å²) in [7, 11) is -1.38. The molecule has 0 N–H and O–H groups in total. The summed E-state index contributed by atoms with van der Waals surface area (Å²) in [6.07, 6.45) is -0.196. The number of rotatable bonds is 1. The lowest BCUT2D eigenvalue weighted by Gasteiger charge is -2.02. The Morgan fingerprint density at radius 2 is 2.09 bits per heavy atom. The average Bonchev–Trinajstić information content (AvgIpc) is 2.61. The van der Waals surface area contributed by atoms with Gasteiger partial charge in [-0.2, -0.15) is 0 Å². The molecule has 1 saturated heterocycles. The van der Waals surface area contributed by atoms with Crippen molar-refractivity contribution < 1.29 is 9.53 Å². The summed E-state index contributed by atoms with van der Waals surface area (Å²) in [6.45, 7) is 6.91. The van der Waals surface area contributed by atoms with Crippen molar-refractivity contribution in [3.63, 3.8) is 0 Å². The van der Waals surface area contributed by atoms with E-state index in [0.717, 1.165) is 0 Å². The third-order valence-electron chi connectivity index (χ3n) is 1.19. The Labute approximate surface area is 67.9 Å². The van der Waals surface area contributed by atoms with Gasteiger partial charge in [-0.15, -0.1) is 5.54 Å². The van der Waals surface area contributed by atoms with Gasteiger partial charge in [0.25, 0.3) is 0 Å². The Bertz CT molecular complexity index is 225. The van der Waals surface area contributed by atoms with Gasteiger partial charge in [-0.1, -0.05) is 19.6 Å².